The van der Waals surface area contributed by atoms with Crippen molar-refractivity contribution < 1.29 is 19.1 Å². The zero-order valence-corrected chi connectivity index (χ0v) is 15.6. The van der Waals surface area contributed by atoms with Gasteiger partial charge in [0.15, 0.2) is 16.6 Å². The Labute approximate surface area is 165 Å². The Balaban J connectivity index is 1.31. The summed E-state index contributed by atoms with van der Waals surface area (Å²) in [6.45, 7) is 0.625. The van der Waals surface area contributed by atoms with E-state index in [4.69, 9.17) is 9.47 Å². The molecule has 3 aromatic rings. The number of nitrogens with one attached hydrogen (secondary N) is 2. The van der Waals surface area contributed by atoms with Crippen molar-refractivity contribution in [2.75, 3.05) is 12.1 Å². The fraction of sp³-hybridized carbons (Fsp3) is 0.150. The third-order valence-electron chi connectivity index (χ3n) is 4.08. The number of rotatable bonds is 6. The number of hydrogen-bond acceptors (Lipinski definition) is 6. The van der Waals surface area contributed by atoms with E-state index >= 15 is 0 Å². The van der Waals surface area contributed by atoms with Gasteiger partial charge in [-0.3, -0.25) is 14.9 Å². The number of benzene rings is 2. The molecule has 2 N–H and O–H groups in total. The molecule has 1 aliphatic rings. The van der Waals surface area contributed by atoms with Crippen LogP contribution in [0.25, 0.3) is 0 Å². The fourth-order valence-electron chi connectivity index (χ4n) is 2.68. The topological polar surface area (TPSA) is 89.6 Å². The highest BCUT2D eigenvalue weighted by molar-refractivity contribution is 7.14. The first kappa shape index (κ1) is 18.0. The Kier molecular flexibility index (Phi) is 5.20. The Bertz CT molecular complexity index is 1000. The van der Waals surface area contributed by atoms with Gasteiger partial charge in [0.1, 0.15) is 0 Å². The fourth-order valence-corrected chi connectivity index (χ4v) is 3.38. The third-order valence-corrected chi connectivity index (χ3v) is 4.89. The van der Waals surface area contributed by atoms with Gasteiger partial charge in [-0.25, -0.2) is 4.98 Å². The zero-order valence-electron chi connectivity index (χ0n) is 14.8. The molecule has 0 unspecified atom stereocenters. The third kappa shape index (κ3) is 4.29. The van der Waals surface area contributed by atoms with Gasteiger partial charge < -0.3 is 14.8 Å². The highest BCUT2D eigenvalue weighted by Gasteiger charge is 2.17. The van der Waals surface area contributed by atoms with Gasteiger partial charge in [-0.1, -0.05) is 30.3 Å². The van der Waals surface area contributed by atoms with Crippen LogP contribution in [0.3, 0.4) is 0 Å². The van der Waals surface area contributed by atoms with Crippen molar-refractivity contribution in [2.24, 2.45) is 0 Å². The molecular formula is C20H17N3O4S. The van der Waals surface area contributed by atoms with Gasteiger partial charge in [-0.05, 0) is 23.8 Å². The number of nitrogens with zero attached hydrogens (tertiary/aromatic N) is 1. The summed E-state index contributed by atoms with van der Waals surface area (Å²) in [6, 6.07) is 14.7. The van der Waals surface area contributed by atoms with Crippen molar-refractivity contribution in [3.05, 3.63) is 70.7 Å². The summed E-state index contributed by atoms with van der Waals surface area (Å²) in [5.74, 6) is 0.743. The van der Waals surface area contributed by atoms with Crippen molar-refractivity contribution >= 4 is 28.3 Å². The van der Waals surface area contributed by atoms with E-state index in [0.717, 1.165) is 5.56 Å². The number of aromatic nitrogens is 1. The standard InChI is InChI=1S/C20H17N3O4S/c24-18(21-10-13-4-2-1-3-5-13)9-15-11-28-20(22-15)23-19(25)14-6-7-16-17(8-14)27-12-26-16/h1-8,11H,9-10,12H2,(H,21,24)(H,22,23,25). The largest absolute Gasteiger partial charge is 0.454 e. The molecule has 142 valence electrons. The number of hydrogen-bond donors (Lipinski definition) is 2. The molecule has 2 aromatic carbocycles. The molecule has 0 aliphatic carbocycles. The minimum Gasteiger partial charge on any atom is -0.454 e. The minimum atomic E-state index is -0.298. The van der Waals surface area contributed by atoms with Crippen LogP contribution in [0.1, 0.15) is 21.6 Å². The summed E-state index contributed by atoms with van der Waals surface area (Å²) < 4.78 is 10.5. The minimum absolute atomic E-state index is 0.122. The van der Waals surface area contributed by atoms with Crippen LogP contribution < -0.4 is 20.1 Å². The second-order valence-electron chi connectivity index (χ2n) is 6.11. The van der Waals surface area contributed by atoms with Gasteiger partial charge in [0.2, 0.25) is 12.7 Å². The van der Waals surface area contributed by atoms with Crippen molar-refractivity contribution in [2.45, 2.75) is 13.0 Å². The maximum absolute atomic E-state index is 12.4. The first-order chi connectivity index (χ1) is 13.7. The van der Waals surface area contributed by atoms with E-state index in [1.165, 1.54) is 11.3 Å². The lowest BCUT2D eigenvalue weighted by molar-refractivity contribution is -0.120. The summed E-state index contributed by atoms with van der Waals surface area (Å²) in [7, 11) is 0. The molecule has 7 nitrogen and oxygen atoms in total. The first-order valence-electron chi connectivity index (χ1n) is 8.63. The molecule has 8 heteroatoms. The summed E-state index contributed by atoms with van der Waals surface area (Å²) in [4.78, 5) is 28.8. The van der Waals surface area contributed by atoms with E-state index in [-0.39, 0.29) is 25.0 Å². The zero-order chi connectivity index (χ0) is 19.3. The first-order valence-corrected chi connectivity index (χ1v) is 9.51. The van der Waals surface area contributed by atoms with Gasteiger partial charge >= 0.3 is 0 Å². The molecule has 0 saturated heterocycles. The highest BCUT2D eigenvalue weighted by Crippen LogP contribution is 2.32. The summed E-state index contributed by atoms with van der Waals surface area (Å²) in [6.07, 6.45) is 0.156. The lowest BCUT2D eigenvalue weighted by Crippen LogP contribution is -2.24. The van der Waals surface area contributed by atoms with Gasteiger partial charge in [0, 0.05) is 17.5 Å². The number of thiazole rings is 1. The molecule has 0 radical (unpaired) electrons. The molecule has 2 amide bonds. The molecule has 2 heterocycles. The average Bonchev–Trinajstić information content (AvgIpc) is 3.35. The Morgan fingerprint density at radius 3 is 2.75 bits per heavy atom. The molecule has 4 rings (SSSR count). The normalized spacial score (nSPS) is 11.9. The number of carbonyl (C=O) groups excluding carboxylic acids is 2. The molecule has 0 atom stereocenters. The van der Waals surface area contributed by atoms with Crippen LogP contribution >= 0.6 is 11.3 Å². The number of carbonyl (C=O) groups is 2. The molecule has 0 bridgehead atoms. The SMILES string of the molecule is O=C(Cc1csc(NC(=O)c2ccc3c(c2)OCO3)n1)NCc1ccccc1. The smallest absolute Gasteiger partial charge is 0.257 e. The van der Waals surface area contributed by atoms with Crippen LogP contribution in [0.4, 0.5) is 5.13 Å². The van der Waals surface area contributed by atoms with Gasteiger partial charge in [-0.2, -0.15) is 0 Å². The van der Waals surface area contributed by atoms with Crippen molar-refractivity contribution in [3.63, 3.8) is 0 Å². The van der Waals surface area contributed by atoms with E-state index in [2.05, 4.69) is 15.6 Å². The summed E-state index contributed by atoms with van der Waals surface area (Å²) in [5.41, 5.74) is 2.09. The van der Waals surface area contributed by atoms with Crippen molar-refractivity contribution in [3.8, 4) is 11.5 Å². The lowest BCUT2D eigenvalue weighted by Gasteiger charge is -2.04. The molecule has 0 fully saturated rings. The number of ether oxygens (including phenoxy) is 2. The maximum atomic E-state index is 12.4. The maximum Gasteiger partial charge on any atom is 0.257 e. The molecule has 0 saturated carbocycles. The van der Waals surface area contributed by atoms with Crippen molar-refractivity contribution in [1.82, 2.24) is 10.3 Å². The summed E-state index contributed by atoms with van der Waals surface area (Å²) in [5, 5.41) is 7.80. The van der Waals surface area contributed by atoms with Crippen LogP contribution in [0, 0.1) is 0 Å². The molecule has 0 spiro atoms. The Morgan fingerprint density at radius 2 is 1.89 bits per heavy atom. The Hall–Kier alpha value is -3.39. The molecule has 1 aliphatic heterocycles. The van der Waals surface area contributed by atoms with Crippen LogP contribution in [0.5, 0.6) is 11.5 Å². The summed E-state index contributed by atoms with van der Waals surface area (Å²) >= 11 is 1.28. The number of anilines is 1. The van der Waals surface area contributed by atoms with Crippen LogP contribution in [-0.4, -0.2) is 23.6 Å². The van der Waals surface area contributed by atoms with Gasteiger partial charge in [0.25, 0.3) is 5.91 Å². The predicted octanol–water partition coefficient (Wildman–Crippen LogP) is 2.98. The van der Waals surface area contributed by atoms with Crippen LogP contribution in [0.2, 0.25) is 0 Å². The second-order valence-corrected chi connectivity index (χ2v) is 6.96. The lowest BCUT2D eigenvalue weighted by atomic mass is 10.2. The van der Waals surface area contributed by atoms with Gasteiger partial charge in [-0.15, -0.1) is 11.3 Å². The van der Waals surface area contributed by atoms with E-state index in [9.17, 15) is 9.59 Å². The number of fused-ring (bicyclic) bond motifs is 1. The molecule has 28 heavy (non-hydrogen) atoms. The van der Waals surface area contributed by atoms with E-state index in [0.29, 0.717) is 34.4 Å². The highest BCUT2D eigenvalue weighted by atomic mass is 32.1. The number of amides is 2. The van der Waals surface area contributed by atoms with Crippen LogP contribution in [0.15, 0.2) is 53.9 Å². The second kappa shape index (κ2) is 8.10. The van der Waals surface area contributed by atoms with E-state index in [1.807, 2.05) is 30.3 Å². The van der Waals surface area contributed by atoms with E-state index in [1.54, 1.807) is 23.6 Å². The average molecular weight is 395 g/mol. The van der Waals surface area contributed by atoms with Gasteiger partial charge in [0.05, 0.1) is 12.1 Å². The quantitative estimate of drug-likeness (QED) is 0.670. The predicted molar refractivity (Wildman–Crippen MR) is 105 cm³/mol. The molecular weight excluding hydrogens is 378 g/mol. The molecule has 1 aromatic heterocycles. The van der Waals surface area contributed by atoms with E-state index < -0.39 is 0 Å². The monoisotopic (exact) mass is 395 g/mol. The Morgan fingerprint density at radius 1 is 1.07 bits per heavy atom. The van der Waals surface area contributed by atoms with Crippen molar-refractivity contribution in [1.29, 1.82) is 0 Å². The van der Waals surface area contributed by atoms with Crippen LogP contribution in [-0.2, 0) is 17.8 Å².